The van der Waals surface area contributed by atoms with E-state index in [4.69, 9.17) is 4.74 Å². The van der Waals surface area contributed by atoms with Crippen LogP contribution < -0.4 is 15.6 Å². The summed E-state index contributed by atoms with van der Waals surface area (Å²) in [4.78, 5) is 33.7. The largest absolute Gasteiger partial charge is 0.495 e. The molecule has 0 saturated carbocycles. The van der Waals surface area contributed by atoms with Crippen molar-refractivity contribution in [3.05, 3.63) is 70.5 Å². The minimum absolute atomic E-state index is 0.0348. The average Bonchev–Trinajstić information content (AvgIpc) is 3.17. The standard InChI is InChI=1S/C24H25N5O3S/c1-24(2,3)16-11-9-15(10-12-16)22-26-19-13-20(30)28-29(19)23(27-22)33-14-21(31)25-17-7-5-6-8-18(17)32-4/h5-13H,14H2,1-4H3,(H,25,31)(H,28,30). The molecule has 0 bridgehead atoms. The van der Waals surface area contributed by atoms with Gasteiger partial charge in [0, 0.05) is 11.6 Å². The minimum atomic E-state index is -0.287. The molecule has 0 fully saturated rings. The van der Waals surface area contributed by atoms with Gasteiger partial charge in [-0.05, 0) is 23.1 Å². The van der Waals surface area contributed by atoms with Crippen molar-refractivity contribution in [3.8, 4) is 17.1 Å². The lowest BCUT2D eigenvalue weighted by molar-refractivity contribution is -0.113. The van der Waals surface area contributed by atoms with Gasteiger partial charge in [-0.1, -0.05) is 68.9 Å². The van der Waals surface area contributed by atoms with E-state index in [1.54, 1.807) is 19.2 Å². The molecular weight excluding hydrogens is 438 g/mol. The predicted molar refractivity (Wildman–Crippen MR) is 130 cm³/mol. The molecule has 2 heterocycles. The molecule has 0 saturated heterocycles. The first kappa shape index (κ1) is 22.6. The third kappa shape index (κ3) is 5.09. The maximum absolute atomic E-state index is 12.6. The van der Waals surface area contributed by atoms with Crippen LogP contribution in [0.5, 0.6) is 5.75 Å². The number of benzene rings is 2. The highest BCUT2D eigenvalue weighted by Gasteiger charge is 2.16. The number of thioether (sulfide) groups is 1. The second-order valence-electron chi connectivity index (χ2n) is 8.51. The van der Waals surface area contributed by atoms with E-state index in [1.807, 2.05) is 24.3 Å². The molecule has 170 valence electrons. The van der Waals surface area contributed by atoms with Gasteiger partial charge in [-0.3, -0.25) is 14.7 Å². The molecule has 0 spiro atoms. The topological polar surface area (TPSA) is 101 Å². The van der Waals surface area contributed by atoms with Gasteiger partial charge < -0.3 is 10.1 Å². The molecule has 0 atom stereocenters. The number of H-pyrrole nitrogens is 1. The summed E-state index contributed by atoms with van der Waals surface area (Å²) in [7, 11) is 1.55. The SMILES string of the molecule is COc1ccccc1NC(=O)CSc1nc(-c2ccc(C(C)(C)C)cc2)nc2cc(=O)[nH]n12. The van der Waals surface area contributed by atoms with Gasteiger partial charge in [0.1, 0.15) is 5.75 Å². The molecule has 2 aromatic carbocycles. The fourth-order valence-electron chi connectivity index (χ4n) is 3.29. The number of rotatable bonds is 6. The Morgan fingerprint density at radius 2 is 1.85 bits per heavy atom. The van der Waals surface area contributed by atoms with Gasteiger partial charge in [-0.25, -0.2) is 14.5 Å². The van der Waals surface area contributed by atoms with E-state index in [2.05, 4.69) is 53.3 Å². The van der Waals surface area contributed by atoms with Gasteiger partial charge in [0.25, 0.3) is 5.56 Å². The molecule has 4 rings (SSSR count). The number of para-hydroxylation sites is 2. The number of hydrogen-bond donors (Lipinski definition) is 2. The molecule has 1 amide bonds. The Labute approximate surface area is 195 Å². The monoisotopic (exact) mass is 463 g/mol. The summed E-state index contributed by atoms with van der Waals surface area (Å²) in [5, 5.41) is 6.00. The normalized spacial score (nSPS) is 11.5. The molecule has 0 aliphatic rings. The van der Waals surface area contributed by atoms with Crippen molar-refractivity contribution in [1.29, 1.82) is 0 Å². The molecular formula is C24H25N5O3S. The fraction of sp³-hybridized carbons (Fsp3) is 0.250. The lowest BCUT2D eigenvalue weighted by Crippen LogP contribution is -2.15. The van der Waals surface area contributed by atoms with Crippen LogP contribution in [0, 0.1) is 0 Å². The van der Waals surface area contributed by atoms with Crippen molar-refractivity contribution in [1.82, 2.24) is 19.6 Å². The number of hydrogen-bond acceptors (Lipinski definition) is 6. The first-order valence-corrected chi connectivity index (χ1v) is 11.4. The fourth-order valence-corrected chi connectivity index (χ4v) is 4.04. The molecule has 0 unspecified atom stereocenters. The number of nitrogens with one attached hydrogen (secondary N) is 2. The smallest absolute Gasteiger partial charge is 0.266 e. The molecule has 2 aromatic heterocycles. The summed E-state index contributed by atoms with van der Waals surface area (Å²) >= 11 is 1.21. The van der Waals surface area contributed by atoms with E-state index >= 15 is 0 Å². The Balaban J connectivity index is 1.59. The molecule has 4 aromatic rings. The number of aromatic nitrogens is 4. The number of carbonyl (C=O) groups is 1. The van der Waals surface area contributed by atoms with Crippen molar-refractivity contribution in [2.24, 2.45) is 0 Å². The number of aromatic amines is 1. The third-order valence-corrected chi connectivity index (χ3v) is 5.99. The second kappa shape index (κ2) is 9.11. The van der Waals surface area contributed by atoms with Crippen LogP contribution in [0.25, 0.3) is 17.0 Å². The molecule has 8 nitrogen and oxygen atoms in total. The van der Waals surface area contributed by atoms with Gasteiger partial charge in [0.2, 0.25) is 5.91 Å². The van der Waals surface area contributed by atoms with Crippen molar-refractivity contribution < 1.29 is 9.53 Å². The Bertz CT molecular complexity index is 1350. The van der Waals surface area contributed by atoms with E-state index < -0.39 is 0 Å². The minimum Gasteiger partial charge on any atom is -0.495 e. The van der Waals surface area contributed by atoms with Crippen LogP contribution in [0.15, 0.2) is 64.5 Å². The highest BCUT2D eigenvalue weighted by molar-refractivity contribution is 7.99. The van der Waals surface area contributed by atoms with Crippen LogP contribution in [-0.2, 0) is 10.2 Å². The van der Waals surface area contributed by atoms with Gasteiger partial charge in [0.15, 0.2) is 16.6 Å². The Kier molecular flexibility index (Phi) is 6.24. The zero-order chi connectivity index (χ0) is 23.6. The summed E-state index contributed by atoms with van der Waals surface area (Å²) < 4.78 is 6.77. The second-order valence-corrected chi connectivity index (χ2v) is 9.45. The van der Waals surface area contributed by atoms with E-state index in [-0.39, 0.29) is 22.6 Å². The van der Waals surface area contributed by atoms with Gasteiger partial charge in [-0.2, -0.15) is 0 Å². The van der Waals surface area contributed by atoms with Crippen molar-refractivity contribution in [2.45, 2.75) is 31.3 Å². The predicted octanol–water partition coefficient (Wildman–Crippen LogP) is 4.12. The summed E-state index contributed by atoms with van der Waals surface area (Å²) in [6, 6.07) is 16.7. The third-order valence-electron chi connectivity index (χ3n) is 5.05. The van der Waals surface area contributed by atoms with Crippen molar-refractivity contribution in [3.63, 3.8) is 0 Å². The number of methoxy groups -OCH3 is 1. The first-order chi connectivity index (χ1) is 15.7. The highest BCUT2D eigenvalue weighted by Crippen LogP contribution is 2.27. The maximum atomic E-state index is 12.6. The van der Waals surface area contributed by atoms with E-state index in [0.717, 1.165) is 5.56 Å². The van der Waals surface area contributed by atoms with E-state index in [1.165, 1.54) is 27.9 Å². The van der Waals surface area contributed by atoms with Crippen molar-refractivity contribution >= 4 is 29.0 Å². The molecule has 0 aliphatic heterocycles. The van der Waals surface area contributed by atoms with Crippen LogP contribution in [0.3, 0.4) is 0 Å². The quantitative estimate of drug-likeness (QED) is 0.417. The summed E-state index contributed by atoms with van der Waals surface area (Å²) in [6.07, 6.45) is 0. The highest BCUT2D eigenvalue weighted by atomic mass is 32.2. The van der Waals surface area contributed by atoms with Gasteiger partial charge in [0.05, 0.1) is 18.6 Å². The Morgan fingerprint density at radius 1 is 1.12 bits per heavy atom. The number of anilines is 1. The molecule has 0 radical (unpaired) electrons. The number of fused-ring (bicyclic) bond motifs is 1. The van der Waals surface area contributed by atoms with Crippen LogP contribution >= 0.6 is 11.8 Å². The summed E-state index contributed by atoms with van der Waals surface area (Å²) in [5.41, 5.74) is 2.81. The lowest BCUT2D eigenvalue weighted by atomic mass is 9.87. The number of amides is 1. The molecule has 33 heavy (non-hydrogen) atoms. The molecule has 9 heteroatoms. The van der Waals surface area contributed by atoms with Crippen LogP contribution in [0.1, 0.15) is 26.3 Å². The van der Waals surface area contributed by atoms with Crippen LogP contribution in [0.2, 0.25) is 0 Å². The van der Waals surface area contributed by atoms with Crippen LogP contribution in [0.4, 0.5) is 5.69 Å². The Morgan fingerprint density at radius 3 is 2.55 bits per heavy atom. The zero-order valence-electron chi connectivity index (χ0n) is 18.9. The Hall–Kier alpha value is -3.59. The number of ether oxygens (including phenoxy) is 1. The number of carbonyl (C=O) groups excluding carboxylic acids is 1. The molecule has 0 aliphatic carbocycles. The van der Waals surface area contributed by atoms with E-state index in [0.29, 0.717) is 28.1 Å². The first-order valence-electron chi connectivity index (χ1n) is 10.4. The number of nitrogens with zero attached hydrogens (tertiary/aromatic N) is 3. The van der Waals surface area contributed by atoms with Gasteiger partial charge >= 0.3 is 0 Å². The van der Waals surface area contributed by atoms with Crippen LogP contribution in [-0.4, -0.2) is 38.4 Å². The zero-order valence-corrected chi connectivity index (χ0v) is 19.7. The lowest BCUT2D eigenvalue weighted by Gasteiger charge is -2.19. The summed E-state index contributed by atoms with van der Waals surface area (Å²) in [6.45, 7) is 6.46. The van der Waals surface area contributed by atoms with Gasteiger partial charge in [-0.15, -0.1) is 0 Å². The molecule has 2 N–H and O–H groups in total. The maximum Gasteiger partial charge on any atom is 0.266 e. The van der Waals surface area contributed by atoms with E-state index in [9.17, 15) is 9.59 Å². The van der Waals surface area contributed by atoms with Crippen molar-refractivity contribution in [2.75, 3.05) is 18.2 Å². The average molecular weight is 464 g/mol. The summed E-state index contributed by atoms with van der Waals surface area (Å²) in [5.74, 6) is 0.937.